The molecule has 0 unspecified atom stereocenters. The molecule has 3 rings (SSSR count). The summed E-state index contributed by atoms with van der Waals surface area (Å²) >= 11 is 3.34. The van der Waals surface area contributed by atoms with Crippen molar-refractivity contribution in [2.45, 2.75) is 45.7 Å². The van der Waals surface area contributed by atoms with Crippen molar-refractivity contribution in [1.29, 1.82) is 0 Å². The second kappa shape index (κ2) is 5.69. The van der Waals surface area contributed by atoms with Crippen LogP contribution in [0.15, 0.2) is 15.0 Å². The van der Waals surface area contributed by atoms with Crippen molar-refractivity contribution in [3.8, 4) is 0 Å². The van der Waals surface area contributed by atoms with Crippen LogP contribution in [0.5, 0.6) is 0 Å². The van der Waals surface area contributed by atoms with Gasteiger partial charge in [-0.25, -0.2) is 4.39 Å². The SMILES string of the molecule is CC(C)Cc1c(CNC2CC2)oc2c(F)c(F)cc(Br)c12. The van der Waals surface area contributed by atoms with Gasteiger partial charge in [0.25, 0.3) is 0 Å². The smallest absolute Gasteiger partial charge is 0.201 e. The van der Waals surface area contributed by atoms with Gasteiger partial charge in [0.1, 0.15) is 5.76 Å². The molecule has 1 N–H and O–H groups in total. The summed E-state index contributed by atoms with van der Waals surface area (Å²) in [5, 5.41) is 4.04. The summed E-state index contributed by atoms with van der Waals surface area (Å²) < 4.78 is 33.8. The average molecular weight is 358 g/mol. The summed E-state index contributed by atoms with van der Waals surface area (Å²) in [6, 6.07) is 1.71. The number of benzene rings is 1. The lowest BCUT2D eigenvalue weighted by Crippen LogP contribution is -2.16. The Balaban J connectivity index is 2.10. The van der Waals surface area contributed by atoms with E-state index in [1.54, 1.807) is 0 Å². The van der Waals surface area contributed by atoms with Gasteiger partial charge in [0.15, 0.2) is 11.4 Å². The standard InChI is InChI=1S/C16H18BrF2NO/c1-8(2)5-10-13(7-20-9-3-4-9)21-16-14(10)11(17)6-12(18)15(16)19/h6,8-9,20H,3-5,7H2,1-2H3. The summed E-state index contributed by atoms with van der Waals surface area (Å²) in [5.41, 5.74) is 0.990. The highest BCUT2D eigenvalue weighted by Crippen LogP contribution is 2.36. The van der Waals surface area contributed by atoms with E-state index in [9.17, 15) is 8.78 Å². The largest absolute Gasteiger partial charge is 0.456 e. The third kappa shape index (κ3) is 2.99. The van der Waals surface area contributed by atoms with Gasteiger partial charge < -0.3 is 9.73 Å². The molecule has 0 radical (unpaired) electrons. The van der Waals surface area contributed by atoms with Crippen LogP contribution in [0.2, 0.25) is 0 Å². The van der Waals surface area contributed by atoms with Crippen molar-refractivity contribution in [1.82, 2.24) is 5.32 Å². The fraction of sp³-hybridized carbons (Fsp3) is 0.500. The lowest BCUT2D eigenvalue weighted by Gasteiger charge is -2.07. The lowest BCUT2D eigenvalue weighted by atomic mass is 9.99. The van der Waals surface area contributed by atoms with Crippen molar-refractivity contribution in [2.75, 3.05) is 0 Å². The molecule has 0 aliphatic heterocycles. The summed E-state index contributed by atoms with van der Waals surface area (Å²) in [6.45, 7) is 4.77. The van der Waals surface area contributed by atoms with Crippen LogP contribution in [0.25, 0.3) is 11.0 Å². The molecule has 1 aliphatic carbocycles. The van der Waals surface area contributed by atoms with Gasteiger partial charge >= 0.3 is 0 Å². The number of hydrogen-bond acceptors (Lipinski definition) is 2. The lowest BCUT2D eigenvalue weighted by molar-refractivity contribution is 0.463. The van der Waals surface area contributed by atoms with Crippen LogP contribution in [-0.4, -0.2) is 6.04 Å². The van der Waals surface area contributed by atoms with E-state index in [0.717, 1.165) is 17.7 Å². The average Bonchev–Trinajstić information content (AvgIpc) is 3.16. The number of rotatable bonds is 5. The van der Waals surface area contributed by atoms with Crippen LogP contribution in [-0.2, 0) is 13.0 Å². The first-order chi connectivity index (χ1) is 9.97. The van der Waals surface area contributed by atoms with Gasteiger partial charge in [-0.05, 0) is 47.2 Å². The maximum absolute atomic E-state index is 14.0. The molecule has 1 aliphatic rings. The van der Waals surface area contributed by atoms with Gasteiger partial charge in [-0.15, -0.1) is 0 Å². The van der Waals surface area contributed by atoms with E-state index in [2.05, 4.69) is 35.1 Å². The number of nitrogens with one attached hydrogen (secondary N) is 1. The predicted octanol–water partition coefficient (Wildman–Crippen LogP) is 4.92. The van der Waals surface area contributed by atoms with E-state index in [0.29, 0.717) is 28.4 Å². The van der Waals surface area contributed by atoms with Crippen molar-refractivity contribution in [3.63, 3.8) is 0 Å². The van der Waals surface area contributed by atoms with Crippen molar-refractivity contribution < 1.29 is 13.2 Å². The molecule has 1 aromatic heterocycles. The van der Waals surface area contributed by atoms with E-state index >= 15 is 0 Å². The zero-order chi connectivity index (χ0) is 15.1. The Hall–Kier alpha value is -0.940. The van der Waals surface area contributed by atoms with Gasteiger partial charge in [0.2, 0.25) is 5.82 Å². The maximum atomic E-state index is 14.0. The minimum atomic E-state index is -0.907. The molecule has 0 bridgehead atoms. The highest BCUT2D eigenvalue weighted by atomic mass is 79.9. The maximum Gasteiger partial charge on any atom is 0.201 e. The third-order valence-electron chi connectivity index (χ3n) is 3.73. The number of fused-ring (bicyclic) bond motifs is 1. The summed E-state index contributed by atoms with van der Waals surface area (Å²) in [5.74, 6) is -0.668. The zero-order valence-corrected chi connectivity index (χ0v) is 13.7. The van der Waals surface area contributed by atoms with Gasteiger partial charge in [0.05, 0.1) is 6.54 Å². The second-order valence-electron chi connectivity index (χ2n) is 6.12. The Morgan fingerprint density at radius 3 is 2.71 bits per heavy atom. The predicted molar refractivity (Wildman–Crippen MR) is 82.2 cm³/mol. The first-order valence-corrected chi connectivity index (χ1v) is 8.07. The molecule has 0 saturated heterocycles. The molecule has 5 heteroatoms. The molecular weight excluding hydrogens is 340 g/mol. The van der Waals surface area contributed by atoms with Gasteiger partial charge in [0, 0.05) is 21.5 Å². The van der Waals surface area contributed by atoms with Gasteiger partial charge in [-0.3, -0.25) is 0 Å². The molecular formula is C16H18BrF2NO. The highest BCUT2D eigenvalue weighted by molar-refractivity contribution is 9.10. The Morgan fingerprint density at radius 2 is 2.10 bits per heavy atom. The minimum absolute atomic E-state index is 0.0186. The fourth-order valence-corrected chi connectivity index (χ4v) is 3.19. The molecule has 1 aromatic carbocycles. The van der Waals surface area contributed by atoms with E-state index in [-0.39, 0.29) is 5.58 Å². The highest BCUT2D eigenvalue weighted by Gasteiger charge is 2.25. The number of hydrogen-bond donors (Lipinski definition) is 1. The molecule has 21 heavy (non-hydrogen) atoms. The summed E-state index contributed by atoms with van der Waals surface area (Å²) in [6.07, 6.45) is 3.12. The van der Waals surface area contributed by atoms with Crippen LogP contribution >= 0.6 is 15.9 Å². The summed E-state index contributed by atoms with van der Waals surface area (Å²) in [7, 11) is 0. The Labute approximate surface area is 131 Å². The van der Waals surface area contributed by atoms with Crippen molar-refractivity contribution in [3.05, 3.63) is 33.5 Å². The van der Waals surface area contributed by atoms with Gasteiger partial charge in [-0.2, -0.15) is 4.39 Å². The van der Waals surface area contributed by atoms with Crippen molar-refractivity contribution in [2.24, 2.45) is 5.92 Å². The van der Waals surface area contributed by atoms with Crippen LogP contribution in [0.4, 0.5) is 8.78 Å². The van der Waals surface area contributed by atoms with Gasteiger partial charge in [-0.1, -0.05) is 13.8 Å². The normalized spacial score (nSPS) is 15.3. The molecule has 0 amide bonds. The van der Waals surface area contributed by atoms with Crippen molar-refractivity contribution >= 4 is 26.9 Å². The monoisotopic (exact) mass is 357 g/mol. The Morgan fingerprint density at radius 1 is 1.38 bits per heavy atom. The molecule has 0 atom stereocenters. The molecule has 1 fully saturated rings. The van der Waals surface area contributed by atoms with E-state index < -0.39 is 11.6 Å². The number of halogens is 3. The Bertz CT molecular complexity index is 677. The van der Waals surface area contributed by atoms with E-state index in [1.807, 2.05) is 0 Å². The third-order valence-corrected chi connectivity index (χ3v) is 4.36. The quantitative estimate of drug-likeness (QED) is 0.768. The number of furan rings is 1. The van der Waals surface area contributed by atoms with Crippen LogP contribution in [0.3, 0.4) is 0 Å². The van der Waals surface area contributed by atoms with E-state index in [4.69, 9.17) is 4.42 Å². The molecule has 1 heterocycles. The minimum Gasteiger partial charge on any atom is -0.456 e. The molecule has 2 nitrogen and oxygen atoms in total. The summed E-state index contributed by atoms with van der Waals surface area (Å²) in [4.78, 5) is 0. The molecule has 1 saturated carbocycles. The zero-order valence-electron chi connectivity index (χ0n) is 12.1. The molecule has 114 valence electrons. The second-order valence-corrected chi connectivity index (χ2v) is 6.97. The first kappa shape index (κ1) is 15.0. The molecule has 0 spiro atoms. The van der Waals surface area contributed by atoms with Crippen LogP contribution in [0.1, 0.15) is 38.0 Å². The van der Waals surface area contributed by atoms with Crippen LogP contribution < -0.4 is 5.32 Å². The Kier molecular flexibility index (Phi) is 4.06. The van der Waals surface area contributed by atoms with E-state index in [1.165, 1.54) is 18.9 Å². The topological polar surface area (TPSA) is 25.2 Å². The first-order valence-electron chi connectivity index (χ1n) is 7.28. The van der Waals surface area contributed by atoms with Crippen LogP contribution in [0, 0.1) is 17.6 Å². The molecule has 2 aromatic rings. The fourth-order valence-electron chi connectivity index (χ4n) is 2.57.